The van der Waals surface area contributed by atoms with Crippen molar-refractivity contribution in [2.24, 2.45) is 11.1 Å². The summed E-state index contributed by atoms with van der Waals surface area (Å²) in [5, 5.41) is 23.7. The van der Waals surface area contributed by atoms with Crippen LogP contribution in [-0.2, 0) is 0 Å². The molecule has 4 N–H and O–H groups in total. The summed E-state index contributed by atoms with van der Waals surface area (Å²) in [5.41, 5.74) is 5.29. The summed E-state index contributed by atoms with van der Waals surface area (Å²) < 4.78 is 0. The molecule has 0 aliphatic rings. The van der Waals surface area contributed by atoms with Crippen molar-refractivity contribution in [1.29, 1.82) is 0 Å². The van der Waals surface area contributed by atoms with Crippen molar-refractivity contribution in [2.45, 2.75) is 33.3 Å². The van der Waals surface area contributed by atoms with Gasteiger partial charge in [0.2, 0.25) is 5.91 Å². The van der Waals surface area contributed by atoms with Crippen LogP contribution in [0.4, 0.5) is 11.4 Å². The molecular weight excluding hydrogens is 274 g/mol. The number of aliphatic hydroxyl groups is 1. The largest absolute Gasteiger partial charge is 0.391 e. The predicted molar refractivity (Wildman–Crippen MR) is 80.2 cm³/mol. The van der Waals surface area contributed by atoms with E-state index in [0.29, 0.717) is 6.42 Å². The first-order valence-electron chi connectivity index (χ1n) is 6.60. The lowest BCUT2D eigenvalue weighted by Gasteiger charge is -2.22. The van der Waals surface area contributed by atoms with Crippen LogP contribution in [0.25, 0.3) is 0 Å². The molecule has 21 heavy (non-hydrogen) atoms. The number of anilines is 1. The number of aliphatic hydroxyl groups excluding tert-OH is 1. The molecule has 0 bridgehead atoms. The molecule has 1 aromatic carbocycles. The number of hydrogen-bond donors (Lipinski definition) is 3. The van der Waals surface area contributed by atoms with E-state index in [2.05, 4.69) is 5.32 Å². The van der Waals surface area contributed by atoms with E-state index in [-0.39, 0.29) is 28.9 Å². The minimum absolute atomic E-state index is 0.0535. The fraction of sp³-hybridized carbons (Fsp3) is 0.500. The summed E-state index contributed by atoms with van der Waals surface area (Å²) >= 11 is 0. The molecule has 0 aliphatic heterocycles. The maximum absolute atomic E-state index is 11.1. The van der Waals surface area contributed by atoms with Gasteiger partial charge in [-0.15, -0.1) is 0 Å². The first-order chi connectivity index (χ1) is 9.60. The van der Waals surface area contributed by atoms with E-state index in [1.54, 1.807) is 0 Å². The standard InChI is InChI=1S/C14H21N3O4/c1-14(2,3)7-10(18)8-16-11-6-9(13(15)19)4-5-12(11)17(20)21/h4-6,10,16,18H,7-8H2,1-3H3,(H2,15,19). The number of nitrogens with one attached hydrogen (secondary N) is 1. The Labute approximate surface area is 123 Å². The fourth-order valence-corrected chi connectivity index (χ4v) is 2.00. The summed E-state index contributed by atoms with van der Waals surface area (Å²) in [6, 6.07) is 3.85. The van der Waals surface area contributed by atoms with Crippen LogP contribution in [0, 0.1) is 15.5 Å². The fourth-order valence-electron chi connectivity index (χ4n) is 2.00. The molecule has 0 spiro atoms. The second kappa shape index (κ2) is 6.53. The molecule has 1 aromatic rings. The summed E-state index contributed by atoms with van der Waals surface area (Å²) in [6.07, 6.45) is -0.106. The highest BCUT2D eigenvalue weighted by atomic mass is 16.6. The minimum Gasteiger partial charge on any atom is -0.391 e. The van der Waals surface area contributed by atoms with Gasteiger partial charge in [-0.2, -0.15) is 0 Å². The van der Waals surface area contributed by atoms with Crippen LogP contribution in [0.5, 0.6) is 0 Å². The SMILES string of the molecule is CC(C)(C)CC(O)CNc1cc(C(N)=O)ccc1[N+](=O)[O-]. The van der Waals surface area contributed by atoms with Crippen LogP contribution in [0.2, 0.25) is 0 Å². The van der Waals surface area contributed by atoms with Gasteiger partial charge in [0, 0.05) is 18.2 Å². The zero-order valence-electron chi connectivity index (χ0n) is 12.4. The Hall–Kier alpha value is -2.15. The number of rotatable bonds is 6. The summed E-state index contributed by atoms with van der Waals surface area (Å²) in [6.45, 7) is 6.13. The summed E-state index contributed by atoms with van der Waals surface area (Å²) in [5.74, 6) is -0.664. The average Bonchev–Trinajstić information content (AvgIpc) is 2.33. The molecule has 0 aliphatic carbocycles. The molecule has 0 heterocycles. The van der Waals surface area contributed by atoms with Gasteiger partial charge >= 0.3 is 0 Å². The smallest absolute Gasteiger partial charge is 0.292 e. The van der Waals surface area contributed by atoms with Crippen LogP contribution in [0.1, 0.15) is 37.6 Å². The molecule has 116 valence electrons. The number of amides is 1. The molecule has 0 fully saturated rings. The van der Waals surface area contributed by atoms with Gasteiger partial charge in [0.15, 0.2) is 0 Å². The number of primary amides is 1. The quantitative estimate of drug-likeness (QED) is 0.547. The summed E-state index contributed by atoms with van der Waals surface area (Å²) in [4.78, 5) is 21.5. The number of nitrogens with zero attached hydrogens (tertiary/aromatic N) is 1. The Kier molecular flexibility index (Phi) is 5.26. The van der Waals surface area contributed by atoms with Gasteiger partial charge < -0.3 is 16.2 Å². The number of nitrogens with two attached hydrogens (primary N) is 1. The third kappa shape index (κ3) is 5.39. The van der Waals surface area contributed by atoms with E-state index in [0.717, 1.165) is 0 Å². The molecule has 1 atom stereocenters. The first-order valence-corrected chi connectivity index (χ1v) is 6.60. The molecule has 7 heteroatoms. The number of benzene rings is 1. The van der Waals surface area contributed by atoms with Crippen molar-refractivity contribution >= 4 is 17.3 Å². The maximum Gasteiger partial charge on any atom is 0.292 e. The monoisotopic (exact) mass is 295 g/mol. The van der Waals surface area contributed by atoms with Crippen molar-refractivity contribution in [2.75, 3.05) is 11.9 Å². The Bertz CT molecular complexity index is 538. The zero-order chi connectivity index (χ0) is 16.2. The van der Waals surface area contributed by atoms with Crippen molar-refractivity contribution < 1.29 is 14.8 Å². The Morgan fingerprint density at radius 1 is 1.48 bits per heavy atom. The van der Waals surface area contributed by atoms with E-state index >= 15 is 0 Å². The normalized spacial score (nSPS) is 12.8. The van der Waals surface area contributed by atoms with E-state index in [4.69, 9.17) is 5.73 Å². The topological polar surface area (TPSA) is 118 Å². The number of nitro benzene ring substituents is 1. The number of nitro groups is 1. The highest BCUT2D eigenvalue weighted by molar-refractivity contribution is 5.94. The van der Waals surface area contributed by atoms with Gasteiger partial charge in [0.25, 0.3) is 5.69 Å². The number of hydrogen-bond acceptors (Lipinski definition) is 5. The van der Waals surface area contributed by atoms with Gasteiger partial charge in [-0.05, 0) is 24.0 Å². The van der Waals surface area contributed by atoms with E-state index < -0.39 is 16.9 Å². The lowest BCUT2D eigenvalue weighted by atomic mass is 9.89. The highest BCUT2D eigenvalue weighted by Crippen LogP contribution is 2.26. The second-order valence-corrected chi connectivity index (χ2v) is 6.15. The van der Waals surface area contributed by atoms with Gasteiger partial charge in [-0.3, -0.25) is 14.9 Å². The van der Waals surface area contributed by atoms with Crippen molar-refractivity contribution in [3.05, 3.63) is 33.9 Å². The molecule has 1 rings (SSSR count). The van der Waals surface area contributed by atoms with Crippen molar-refractivity contribution in [1.82, 2.24) is 0 Å². The molecule has 0 radical (unpaired) electrons. The van der Waals surface area contributed by atoms with Crippen LogP contribution in [-0.4, -0.2) is 28.6 Å². The molecule has 1 unspecified atom stereocenters. The second-order valence-electron chi connectivity index (χ2n) is 6.15. The van der Waals surface area contributed by atoms with Crippen LogP contribution in [0.3, 0.4) is 0 Å². The molecule has 7 nitrogen and oxygen atoms in total. The van der Waals surface area contributed by atoms with Crippen molar-refractivity contribution in [3.63, 3.8) is 0 Å². The van der Waals surface area contributed by atoms with Crippen molar-refractivity contribution in [3.8, 4) is 0 Å². The van der Waals surface area contributed by atoms with E-state index in [9.17, 15) is 20.0 Å². The van der Waals surface area contributed by atoms with Gasteiger partial charge in [0.1, 0.15) is 5.69 Å². The van der Waals surface area contributed by atoms with Crippen LogP contribution in [0.15, 0.2) is 18.2 Å². The minimum atomic E-state index is -0.664. The third-order valence-corrected chi connectivity index (χ3v) is 2.85. The Balaban J connectivity index is 2.87. The Morgan fingerprint density at radius 3 is 2.57 bits per heavy atom. The maximum atomic E-state index is 11.1. The van der Waals surface area contributed by atoms with Crippen LogP contribution >= 0.6 is 0 Å². The Morgan fingerprint density at radius 2 is 2.10 bits per heavy atom. The van der Waals surface area contributed by atoms with Gasteiger partial charge in [-0.25, -0.2) is 0 Å². The number of carbonyl (C=O) groups is 1. The summed E-state index contributed by atoms with van der Waals surface area (Å²) in [7, 11) is 0. The number of carbonyl (C=O) groups excluding carboxylic acids is 1. The van der Waals surface area contributed by atoms with Gasteiger partial charge in [0.05, 0.1) is 11.0 Å². The zero-order valence-corrected chi connectivity index (χ0v) is 12.4. The lowest BCUT2D eigenvalue weighted by Crippen LogP contribution is -2.25. The van der Waals surface area contributed by atoms with Gasteiger partial charge in [-0.1, -0.05) is 20.8 Å². The van der Waals surface area contributed by atoms with E-state index in [1.165, 1.54) is 18.2 Å². The molecule has 0 saturated carbocycles. The average molecular weight is 295 g/mol. The van der Waals surface area contributed by atoms with E-state index in [1.807, 2.05) is 20.8 Å². The first kappa shape index (κ1) is 16.9. The molecule has 0 saturated heterocycles. The molecule has 0 aromatic heterocycles. The van der Waals surface area contributed by atoms with Crippen LogP contribution < -0.4 is 11.1 Å². The lowest BCUT2D eigenvalue weighted by molar-refractivity contribution is -0.384. The molecule has 1 amide bonds. The molecular formula is C14H21N3O4. The third-order valence-electron chi connectivity index (χ3n) is 2.85. The predicted octanol–water partition coefficient (Wildman–Crippen LogP) is 1.90. The highest BCUT2D eigenvalue weighted by Gasteiger charge is 2.19.